The topological polar surface area (TPSA) is 67.0 Å². The van der Waals surface area contributed by atoms with Crippen molar-refractivity contribution in [3.8, 4) is 0 Å². The van der Waals surface area contributed by atoms with E-state index < -0.39 is 17.2 Å². The van der Waals surface area contributed by atoms with Crippen molar-refractivity contribution in [2.24, 2.45) is 0 Å². The minimum Gasteiger partial charge on any atom is -0.383 e. The first-order valence-electron chi connectivity index (χ1n) is 6.36. The Hall–Kier alpha value is -2.28. The van der Waals surface area contributed by atoms with Crippen LogP contribution in [0, 0.1) is 11.6 Å². The molecule has 5 nitrogen and oxygen atoms in total. The number of aromatic amines is 1. The quantitative estimate of drug-likeness (QED) is 0.796. The molecule has 1 heterocycles. The maximum absolute atomic E-state index is 13.6. The van der Waals surface area contributed by atoms with Crippen LogP contribution >= 0.6 is 0 Å². The number of halogens is 2. The molecule has 1 aromatic carbocycles. The van der Waals surface area contributed by atoms with Crippen LogP contribution in [0.25, 0.3) is 0 Å². The molecular weight excluding hydrogens is 280 g/mol. The van der Waals surface area contributed by atoms with Gasteiger partial charge in [0.25, 0.3) is 5.56 Å². The summed E-state index contributed by atoms with van der Waals surface area (Å²) in [7, 11) is 1.55. The van der Waals surface area contributed by atoms with Crippen molar-refractivity contribution < 1.29 is 13.5 Å². The number of hydrogen-bond donors (Lipinski definition) is 2. The van der Waals surface area contributed by atoms with E-state index in [1.54, 1.807) is 7.11 Å². The zero-order valence-electron chi connectivity index (χ0n) is 11.5. The number of H-pyrrole nitrogens is 1. The van der Waals surface area contributed by atoms with Gasteiger partial charge in [-0.2, -0.15) is 0 Å². The van der Waals surface area contributed by atoms with Gasteiger partial charge in [0.15, 0.2) is 0 Å². The van der Waals surface area contributed by atoms with Gasteiger partial charge < -0.3 is 10.1 Å². The highest BCUT2D eigenvalue weighted by Gasteiger charge is 2.11. The van der Waals surface area contributed by atoms with E-state index in [2.05, 4.69) is 15.3 Å². The van der Waals surface area contributed by atoms with Crippen LogP contribution in [0.1, 0.15) is 11.3 Å². The second-order valence-corrected chi connectivity index (χ2v) is 4.38. The average molecular weight is 295 g/mol. The number of methoxy groups -OCH3 is 1. The molecule has 2 N–H and O–H groups in total. The number of nitrogens with zero attached hydrogens (tertiary/aromatic N) is 1. The van der Waals surface area contributed by atoms with Crippen molar-refractivity contribution >= 4 is 5.95 Å². The Morgan fingerprint density at radius 2 is 2.05 bits per heavy atom. The first-order chi connectivity index (χ1) is 10.1. The highest BCUT2D eigenvalue weighted by molar-refractivity contribution is 5.29. The molecule has 0 saturated heterocycles. The summed E-state index contributed by atoms with van der Waals surface area (Å²) in [6.07, 6.45) is -0.0958. The Morgan fingerprint density at radius 1 is 1.33 bits per heavy atom. The number of benzene rings is 1. The average Bonchev–Trinajstić information content (AvgIpc) is 2.43. The smallest absolute Gasteiger partial charge is 0.252 e. The Morgan fingerprint density at radius 3 is 2.71 bits per heavy atom. The van der Waals surface area contributed by atoms with Crippen molar-refractivity contribution in [3.05, 3.63) is 57.5 Å². The molecule has 21 heavy (non-hydrogen) atoms. The summed E-state index contributed by atoms with van der Waals surface area (Å²) in [5.74, 6) is -1.08. The van der Waals surface area contributed by atoms with Crippen molar-refractivity contribution in [1.29, 1.82) is 0 Å². The van der Waals surface area contributed by atoms with E-state index in [0.29, 0.717) is 13.2 Å². The lowest BCUT2D eigenvalue weighted by Gasteiger charge is -2.08. The summed E-state index contributed by atoms with van der Waals surface area (Å²) in [5, 5.41) is 2.86. The van der Waals surface area contributed by atoms with Crippen LogP contribution in [0.4, 0.5) is 14.7 Å². The predicted molar refractivity (Wildman–Crippen MR) is 74.4 cm³/mol. The molecule has 1 aromatic heterocycles. The number of ether oxygens (including phenoxy) is 1. The van der Waals surface area contributed by atoms with Gasteiger partial charge in [-0.05, 0) is 12.1 Å². The van der Waals surface area contributed by atoms with Crippen molar-refractivity contribution in [1.82, 2.24) is 9.97 Å². The van der Waals surface area contributed by atoms with Gasteiger partial charge in [0.1, 0.15) is 11.6 Å². The fraction of sp³-hybridized carbons (Fsp3) is 0.286. The van der Waals surface area contributed by atoms with Gasteiger partial charge in [-0.15, -0.1) is 0 Å². The number of hydrogen-bond acceptors (Lipinski definition) is 4. The molecule has 0 aliphatic heterocycles. The van der Waals surface area contributed by atoms with Crippen LogP contribution in [0.15, 0.2) is 29.1 Å². The van der Waals surface area contributed by atoms with E-state index in [1.165, 1.54) is 24.3 Å². The van der Waals surface area contributed by atoms with Crippen LogP contribution in [0.5, 0.6) is 0 Å². The van der Waals surface area contributed by atoms with E-state index in [-0.39, 0.29) is 23.6 Å². The van der Waals surface area contributed by atoms with Crippen LogP contribution in [-0.4, -0.2) is 30.2 Å². The van der Waals surface area contributed by atoms with E-state index in [1.807, 2.05) is 0 Å². The first-order valence-corrected chi connectivity index (χ1v) is 6.36. The number of aromatic nitrogens is 2. The molecule has 0 atom stereocenters. The third kappa shape index (κ3) is 4.09. The molecule has 0 aliphatic rings. The summed E-state index contributed by atoms with van der Waals surface area (Å²) in [4.78, 5) is 18.2. The van der Waals surface area contributed by atoms with Gasteiger partial charge in [-0.25, -0.2) is 13.8 Å². The SMILES string of the molecule is COCCNc1nc(Cc2c(F)cccc2F)cc(=O)[nH]1. The Labute approximate surface area is 120 Å². The zero-order chi connectivity index (χ0) is 15.2. The largest absolute Gasteiger partial charge is 0.383 e. The lowest BCUT2D eigenvalue weighted by molar-refractivity contribution is 0.210. The lowest BCUT2D eigenvalue weighted by atomic mass is 10.1. The standard InChI is InChI=1S/C14H15F2N3O2/c1-21-6-5-17-14-18-9(8-13(20)19-14)7-10-11(15)3-2-4-12(10)16/h2-4,8H,5-7H2,1H3,(H2,17,18,19,20). The van der Waals surface area contributed by atoms with Crippen molar-refractivity contribution in [2.75, 3.05) is 25.6 Å². The minimum absolute atomic E-state index is 0.0958. The van der Waals surface area contributed by atoms with Gasteiger partial charge in [-0.3, -0.25) is 9.78 Å². The Kier molecular flexibility index (Phi) is 4.99. The van der Waals surface area contributed by atoms with Crippen LogP contribution in [0.3, 0.4) is 0 Å². The Bertz CT molecular complexity index is 653. The first kappa shape index (κ1) is 15.1. The van der Waals surface area contributed by atoms with Gasteiger partial charge in [0.2, 0.25) is 5.95 Å². The second-order valence-electron chi connectivity index (χ2n) is 4.38. The van der Waals surface area contributed by atoms with E-state index in [0.717, 1.165) is 0 Å². The number of anilines is 1. The van der Waals surface area contributed by atoms with Gasteiger partial charge >= 0.3 is 0 Å². The second kappa shape index (κ2) is 6.94. The molecule has 7 heteroatoms. The molecule has 0 bridgehead atoms. The molecule has 0 aliphatic carbocycles. The molecule has 0 unspecified atom stereocenters. The molecule has 2 rings (SSSR count). The summed E-state index contributed by atoms with van der Waals surface area (Å²) >= 11 is 0. The lowest BCUT2D eigenvalue weighted by Crippen LogP contribution is -2.17. The maximum Gasteiger partial charge on any atom is 0.252 e. The van der Waals surface area contributed by atoms with Crippen LogP contribution in [-0.2, 0) is 11.2 Å². The minimum atomic E-state index is -0.661. The fourth-order valence-electron chi connectivity index (χ4n) is 1.84. The highest BCUT2D eigenvalue weighted by Crippen LogP contribution is 2.15. The van der Waals surface area contributed by atoms with Crippen LogP contribution < -0.4 is 10.9 Å². The monoisotopic (exact) mass is 295 g/mol. The molecule has 0 saturated carbocycles. The number of rotatable bonds is 6. The third-order valence-corrected chi connectivity index (χ3v) is 2.81. The van der Waals surface area contributed by atoms with Crippen molar-refractivity contribution in [3.63, 3.8) is 0 Å². The molecule has 0 spiro atoms. The van der Waals surface area contributed by atoms with E-state index in [4.69, 9.17) is 4.74 Å². The summed E-state index contributed by atoms with van der Waals surface area (Å²) in [5.41, 5.74) is -0.224. The molecule has 0 amide bonds. The highest BCUT2D eigenvalue weighted by atomic mass is 19.1. The predicted octanol–water partition coefficient (Wildman–Crippen LogP) is 1.70. The zero-order valence-corrected chi connectivity index (χ0v) is 11.5. The Balaban J connectivity index is 2.22. The normalized spacial score (nSPS) is 10.6. The van der Waals surface area contributed by atoms with Crippen molar-refractivity contribution in [2.45, 2.75) is 6.42 Å². The molecule has 0 fully saturated rings. The third-order valence-electron chi connectivity index (χ3n) is 2.81. The molecule has 2 aromatic rings. The molecule has 0 radical (unpaired) electrons. The number of nitrogens with one attached hydrogen (secondary N) is 2. The van der Waals surface area contributed by atoms with Crippen LogP contribution in [0.2, 0.25) is 0 Å². The van der Waals surface area contributed by atoms with E-state index >= 15 is 0 Å². The summed E-state index contributed by atoms with van der Waals surface area (Å²) < 4.78 is 32.1. The summed E-state index contributed by atoms with van der Waals surface area (Å²) in [6, 6.07) is 4.84. The maximum atomic E-state index is 13.6. The fourth-order valence-corrected chi connectivity index (χ4v) is 1.84. The molecular formula is C14H15F2N3O2. The van der Waals surface area contributed by atoms with E-state index in [9.17, 15) is 13.6 Å². The van der Waals surface area contributed by atoms with Gasteiger partial charge in [0.05, 0.1) is 12.3 Å². The van der Waals surface area contributed by atoms with Gasteiger partial charge in [0, 0.05) is 31.7 Å². The molecule has 112 valence electrons. The summed E-state index contributed by atoms with van der Waals surface area (Å²) in [6.45, 7) is 0.896. The van der Waals surface area contributed by atoms with Gasteiger partial charge in [-0.1, -0.05) is 6.07 Å².